The maximum atomic E-state index is 11.7. The van der Waals surface area contributed by atoms with Gasteiger partial charge in [0.1, 0.15) is 0 Å². The normalized spacial score (nSPS) is 17.3. The van der Waals surface area contributed by atoms with Crippen molar-refractivity contribution in [2.75, 3.05) is 27.2 Å². The minimum Gasteiger partial charge on any atom is -0.359 e. The van der Waals surface area contributed by atoms with Crippen LogP contribution in [0.2, 0.25) is 0 Å². The van der Waals surface area contributed by atoms with Crippen LogP contribution in [0.4, 0.5) is 0 Å². The second-order valence-corrected chi connectivity index (χ2v) is 6.45. The molecule has 0 aromatic rings. The van der Waals surface area contributed by atoms with Gasteiger partial charge >= 0.3 is 0 Å². The number of guanidine groups is 1. The van der Waals surface area contributed by atoms with Crippen LogP contribution in [-0.4, -0.2) is 39.1 Å². The number of aliphatic imine (C=N–C) groups is 1. The van der Waals surface area contributed by atoms with Crippen molar-refractivity contribution in [1.82, 2.24) is 16.0 Å². The van der Waals surface area contributed by atoms with Gasteiger partial charge in [-0.15, -0.1) is 24.0 Å². The van der Waals surface area contributed by atoms with Crippen LogP contribution in [0, 0.1) is 10.8 Å². The second kappa shape index (κ2) is 8.80. The topological polar surface area (TPSA) is 65.5 Å². The fraction of sp³-hybridized carbons (Fsp3) is 0.867. The van der Waals surface area contributed by atoms with E-state index in [2.05, 4.69) is 27.9 Å². The molecule has 0 aliphatic heterocycles. The largest absolute Gasteiger partial charge is 0.359 e. The molecule has 0 heterocycles. The van der Waals surface area contributed by atoms with Crippen molar-refractivity contribution in [3.63, 3.8) is 0 Å². The molecule has 1 amide bonds. The molecule has 124 valence electrons. The Hall–Kier alpha value is -0.530. The molecule has 3 N–H and O–H groups in total. The van der Waals surface area contributed by atoms with Crippen molar-refractivity contribution in [3.05, 3.63) is 0 Å². The Kier molecular flexibility index (Phi) is 8.58. The molecule has 1 aliphatic rings. The first-order valence-electron chi connectivity index (χ1n) is 7.56. The monoisotopic (exact) mass is 410 g/mol. The van der Waals surface area contributed by atoms with Gasteiger partial charge in [0.05, 0.1) is 5.41 Å². The quantitative estimate of drug-likeness (QED) is 0.357. The predicted molar refractivity (Wildman–Crippen MR) is 99.2 cm³/mol. The average Bonchev–Trinajstić information content (AvgIpc) is 2.40. The maximum Gasteiger partial charge on any atom is 0.227 e. The fourth-order valence-electron chi connectivity index (χ4n) is 2.55. The molecule has 0 aromatic carbocycles. The summed E-state index contributed by atoms with van der Waals surface area (Å²) in [5.74, 6) is 0.811. The molecule has 21 heavy (non-hydrogen) atoms. The SMILES string of the molecule is CCC1(CNC(=NC)NCC(C)(C)C(=O)NC)CCC1.I. The average molecular weight is 410 g/mol. The van der Waals surface area contributed by atoms with Crippen LogP contribution in [0.1, 0.15) is 46.5 Å². The van der Waals surface area contributed by atoms with E-state index in [1.165, 1.54) is 25.7 Å². The van der Waals surface area contributed by atoms with E-state index in [1.54, 1.807) is 14.1 Å². The first-order chi connectivity index (χ1) is 9.39. The summed E-state index contributed by atoms with van der Waals surface area (Å²) in [6, 6.07) is 0. The molecular weight excluding hydrogens is 379 g/mol. The van der Waals surface area contributed by atoms with E-state index in [0.717, 1.165) is 12.5 Å². The summed E-state index contributed by atoms with van der Waals surface area (Å²) in [6.45, 7) is 7.62. The Bertz CT molecular complexity index is 359. The smallest absolute Gasteiger partial charge is 0.227 e. The number of amides is 1. The van der Waals surface area contributed by atoms with Crippen molar-refractivity contribution < 1.29 is 4.79 Å². The fourth-order valence-corrected chi connectivity index (χ4v) is 2.55. The molecule has 1 saturated carbocycles. The third-order valence-corrected chi connectivity index (χ3v) is 4.56. The van der Waals surface area contributed by atoms with Crippen LogP contribution in [0.5, 0.6) is 0 Å². The lowest BCUT2D eigenvalue weighted by Crippen LogP contribution is -2.50. The molecule has 5 nitrogen and oxygen atoms in total. The third-order valence-electron chi connectivity index (χ3n) is 4.56. The molecule has 1 aliphatic carbocycles. The summed E-state index contributed by atoms with van der Waals surface area (Å²) in [5, 5.41) is 9.34. The zero-order valence-corrected chi connectivity index (χ0v) is 16.3. The Morgan fingerprint density at radius 3 is 2.29 bits per heavy atom. The molecular formula is C15H31IN4O. The molecule has 0 atom stereocenters. The number of halogens is 1. The number of nitrogens with zero attached hydrogens (tertiary/aromatic N) is 1. The summed E-state index contributed by atoms with van der Waals surface area (Å²) < 4.78 is 0. The summed E-state index contributed by atoms with van der Waals surface area (Å²) in [4.78, 5) is 16.0. The standard InChI is InChI=1S/C15H30N4O.HI/c1-6-15(8-7-9-15)11-19-13(17-5)18-10-14(2,3)12(20)16-4;/h6-11H2,1-5H3,(H,16,20)(H2,17,18,19);1H. The Morgan fingerprint density at radius 1 is 1.29 bits per heavy atom. The zero-order valence-electron chi connectivity index (χ0n) is 14.0. The Labute approximate surface area is 146 Å². The van der Waals surface area contributed by atoms with Crippen LogP contribution in [0.15, 0.2) is 4.99 Å². The van der Waals surface area contributed by atoms with Gasteiger partial charge < -0.3 is 16.0 Å². The zero-order chi connectivity index (χ0) is 15.2. The van der Waals surface area contributed by atoms with Crippen LogP contribution in [0.3, 0.4) is 0 Å². The third kappa shape index (κ3) is 5.64. The number of hydrogen-bond donors (Lipinski definition) is 3. The van der Waals surface area contributed by atoms with Gasteiger partial charge in [-0.1, -0.05) is 13.3 Å². The van der Waals surface area contributed by atoms with Gasteiger partial charge in [-0.05, 0) is 38.5 Å². The molecule has 0 saturated heterocycles. The molecule has 0 unspecified atom stereocenters. The highest BCUT2D eigenvalue weighted by molar-refractivity contribution is 14.0. The van der Waals surface area contributed by atoms with Crippen molar-refractivity contribution in [1.29, 1.82) is 0 Å². The highest BCUT2D eigenvalue weighted by atomic mass is 127. The molecule has 1 rings (SSSR count). The van der Waals surface area contributed by atoms with E-state index < -0.39 is 5.41 Å². The number of carbonyl (C=O) groups is 1. The van der Waals surface area contributed by atoms with Crippen LogP contribution < -0.4 is 16.0 Å². The van der Waals surface area contributed by atoms with Gasteiger partial charge in [0.25, 0.3) is 0 Å². The number of rotatable bonds is 6. The van der Waals surface area contributed by atoms with Gasteiger partial charge in [0.2, 0.25) is 5.91 Å². The van der Waals surface area contributed by atoms with E-state index in [-0.39, 0.29) is 29.9 Å². The van der Waals surface area contributed by atoms with Crippen molar-refractivity contribution in [2.24, 2.45) is 15.8 Å². The lowest BCUT2D eigenvalue weighted by Gasteiger charge is -2.41. The van der Waals surface area contributed by atoms with Crippen LogP contribution in [-0.2, 0) is 4.79 Å². The highest BCUT2D eigenvalue weighted by Gasteiger charge is 2.35. The molecule has 0 aromatic heterocycles. The van der Waals surface area contributed by atoms with Crippen LogP contribution in [0.25, 0.3) is 0 Å². The molecule has 0 bridgehead atoms. The van der Waals surface area contributed by atoms with Gasteiger partial charge in [-0.3, -0.25) is 9.79 Å². The second-order valence-electron chi connectivity index (χ2n) is 6.45. The lowest BCUT2D eigenvalue weighted by atomic mass is 9.67. The van der Waals surface area contributed by atoms with E-state index >= 15 is 0 Å². The van der Waals surface area contributed by atoms with E-state index in [1.807, 2.05) is 13.8 Å². The van der Waals surface area contributed by atoms with E-state index in [4.69, 9.17) is 0 Å². The number of nitrogens with one attached hydrogen (secondary N) is 3. The molecule has 6 heteroatoms. The maximum absolute atomic E-state index is 11.7. The summed E-state index contributed by atoms with van der Waals surface area (Å²) in [6.07, 6.45) is 5.15. The number of hydrogen-bond acceptors (Lipinski definition) is 2. The summed E-state index contributed by atoms with van der Waals surface area (Å²) in [7, 11) is 3.43. The molecule has 0 radical (unpaired) electrons. The first-order valence-corrected chi connectivity index (χ1v) is 7.56. The molecule has 0 spiro atoms. The van der Waals surface area contributed by atoms with Crippen molar-refractivity contribution in [3.8, 4) is 0 Å². The van der Waals surface area contributed by atoms with E-state index in [9.17, 15) is 4.79 Å². The van der Waals surface area contributed by atoms with Crippen molar-refractivity contribution >= 4 is 35.8 Å². The van der Waals surface area contributed by atoms with Gasteiger partial charge in [0.15, 0.2) is 5.96 Å². The van der Waals surface area contributed by atoms with Crippen molar-refractivity contribution in [2.45, 2.75) is 46.5 Å². The molecule has 1 fully saturated rings. The van der Waals surface area contributed by atoms with Crippen LogP contribution >= 0.6 is 24.0 Å². The predicted octanol–water partition coefficient (Wildman–Crippen LogP) is 2.12. The minimum atomic E-state index is -0.453. The Balaban J connectivity index is 0.00000400. The van der Waals surface area contributed by atoms with Gasteiger partial charge in [0, 0.05) is 27.2 Å². The minimum absolute atomic E-state index is 0. The van der Waals surface area contributed by atoms with E-state index in [0.29, 0.717) is 12.0 Å². The summed E-state index contributed by atoms with van der Waals surface area (Å²) >= 11 is 0. The van der Waals surface area contributed by atoms with Gasteiger partial charge in [-0.25, -0.2) is 0 Å². The summed E-state index contributed by atoms with van der Waals surface area (Å²) in [5.41, 5.74) is -0.000779. The highest BCUT2D eigenvalue weighted by Crippen LogP contribution is 2.42. The first kappa shape index (κ1) is 20.5. The van der Waals surface area contributed by atoms with Gasteiger partial charge in [-0.2, -0.15) is 0 Å². The Morgan fingerprint density at radius 2 is 1.90 bits per heavy atom. The lowest BCUT2D eigenvalue weighted by molar-refractivity contribution is -0.128. The number of carbonyl (C=O) groups excluding carboxylic acids is 1.